The average Bonchev–Trinajstić information content (AvgIpc) is 2.75. The summed E-state index contributed by atoms with van der Waals surface area (Å²) < 4.78 is 5.55. The van der Waals surface area contributed by atoms with Crippen molar-refractivity contribution in [1.82, 2.24) is 0 Å². The van der Waals surface area contributed by atoms with E-state index in [4.69, 9.17) is 4.74 Å². The van der Waals surface area contributed by atoms with Crippen molar-refractivity contribution in [3.05, 3.63) is 78.5 Å². The number of rotatable bonds is 13. The van der Waals surface area contributed by atoms with E-state index in [9.17, 15) is 20.1 Å². The third-order valence-electron chi connectivity index (χ3n) is 5.18. The number of aliphatic hydroxyl groups is 1. The van der Waals surface area contributed by atoms with Gasteiger partial charge in [0.15, 0.2) is 5.78 Å². The van der Waals surface area contributed by atoms with Crippen molar-refractivity contribution in [3.8, 4) is 17.2 Å². The van der Waals surface area contributed by atoms with Crippen LogP contribution in [0.5, 0.6) is 17.2 Å². The first-order valence-electron chi connectivity index (χ1n) is 11.7. The molecule has 33 heavy (non-hydrogen) atoms. The molecule has 0 amide bonds. The maximum Gasteiger partial charge on any atom is 0.215 e. The second-order valence-corrected chi connectivity index (χ2v) is 8.09. The van der Waals surface area contributed by atoms with Crippen LogP contribution >= 0.6 is 0 Å². The first kappa shape index (κ1) is 26.2. The van der Waals surface area contributed by atoms with Crippen LogP contribution < -0.4 is 4.74 Å². The molecule has 1 aliphatic heterocycles. The summed E-state index contributed by atoms with van der Waals surface area (Å²) in [7, 11) is 0. The summed E-state index contributed by atoms with van der Waals surface area (Å²) in [5.74, 6) is -2.56. The number of hydrogen-bond donors (Lipinski definition) is 3. The van der Waals surface area contributed by atoms with Gasteiger partial charge in [-0.2, -0.15) is 0 Å². The Morgan fingerprint density at radius 1 is 0.879 bits per heavy atom. The molecule has 0 aliphatic carbocycles. The van der Waals surface area contributed by atoms with E-state index >= 15 is 0 Å². The van der Waals surface area contributed by atoms with Crippen molar-refractivity contribution in [2.24, 2.45) is 0 Å². The molecule has 1 aromatic rings. The van der Waals surface area contributed by atoms with Gasteiger partial charge in [0, 0.05) is 18.6 Å². The maximum atomic E-state index is 12.3. The lowest BCUT2D eigenvalue weighted by Gasteiger charge is -2.33. The molecule has 0 radical (unpaired) electrons. The first-order chi connectivity index (χ1) is 15.9. The fraction of sp³-hybridized carbons (Fsp3) is 0.393. The normalized spacial score (nSPS) is 18.9. The molecule has 0 saturated carbocycles. The Bertz CT molecular complexity index is 907. The largest absolute Gasteiger partial charge is 0.508 e. The highest BCUT2D eigenvalue weighted by atomic mass is 16.6. The Labute approximate surface area is 197 Å². The van der Waals surface area contributed by atoms with Gasteiger partial charge in [-0.25, -0.2) is 0 Å². The number of phenolic OH excluding ortho intramolecular Hbond substituents is 2. The van der Waals surface area contributed by atoms with Gasteiger partial charge in [-0.05, 0) is 44.9 Å². The SMILES string of the molecule is CCC=CCC=CCC=CCC=CCC=CCCCC1(O)CC(=O)c2c(O)cc(O)cc2O1. The van der Waals surface area contributed by atoms with E-state index in [0.29, 0.717) is 6.42 Å². The fourth-order valence-corrected chi connectivity index (χ4v) is 3.53. The van der Waals surface area contributed by atoms with E-state index in [1.54, 1.807) is 0 Å². The molecular formula is C28H36O5. The third-order valence-corrected chi connectivity index (χ3v) is 5.18. The molecule has 1 heterocycles. The predicted octanol–water partition coefficient (Wildman–Crippen LogP) is 6.67. The third kappa shape index (κ3) is 9.54. The molecule has 0 bridgehead atoms. The quantitative estimate of drug-likeness (QED) is 0.230. The molecule has 0 aromatic heterocycles. The molecule has 1 unspecified atom stereocenters. The zero-order valence-electron chi connectivity index (χ0n) is 19.5. The maximum absolute atomic E-state index is 12.3. The van der Waals surface area contributed by atoms with E-state index in [0.717, 1.165) is 44.6 Å². The molecule has 3 N–H and O–H groups in total. The molecule has 0 spiro atoms. The molecule has 1 aromatic carbocycles. The molecule has 178 valence electrons. The number of Topliss-reactive ketones (excluding diaryl/α,β-unsaturated/α-hetero) is 1. The van der Waals surface area contributed by atoms with Crippen molar-refractivity contribution < 1.29 is 24.9 Å². The van der Waals surface area contributed by atoms with Crippen molar-refractivity contribution in [2.75, 3.05) is 0 Å². The van der Waals surface area contributed by atoms with Gasteiger partial charge in [-0.3, -0.25) is 4.79 Å². The van der Waals surface area contributed by atoms with E-state index < -0.39 is 11.6 Å². The predicted molar refractivity (Wildman–Crippen MR) is 133 cm³/mol. The number of hydrogen-bond acceptors (Lipinski definition) is 5. The fourth-order valence-electron chi connectivity index (χ4n) is 3.53. The monoisotopic (exact) mass is 452 g/mol. The summed E-state index contributed by atoms with van der Waals surface area (Å²) in [6.07, 6.45) is 27.7. The second-order valence-electron chi connectivity index (χ2n) is 8.09. The topological polar surface area (TPSA) is 87.0 Å². The molecule has 1 atom stereocenters. The standard InChI is InChI=1S/C28H36O5/c1-2-3-4-5-6-7-8-9-10-11-12-13-14-15-16-17-18-19-28(32)22-25(31)27-24(30)20-23(29)21-26(27)33-28/h3-4,6-7,9-10,12-13,15-16,20-21,29-30,32H,2,5,8,11,14,17-19,22H2,1H3. The molecule has 1 aliphatic rings. The van der Waals surface area contributed by atoms with Crippen LogP contribution in [0.1, 0.15) is 75.1 Å². The number of carbonyl (C=O) groups excluding carboxylic acids is 1. The van der Waals surface area contributed by atoms with Gasteiger partial charge < -0.3 is 20.1 Å². The van der Waals surface area contributed by atoms with Gasteiger partial charge in [0.1, 0.15) is 22.8 Å². The minimum Gasteiger partial charge on any atom is -0.508 e. The van der Waals surface area contributed by atoms with Gasteiger partial charge in [0.25, 0.3) is 0 Å². The highest BCUT2D eigenvalue weighted by molar-refractivity contribution is 6.02. The van der Waals surface area contributed by atoms with E-state index in [-0.39, 0.29) is 35.7 Å². The summed E-state index contributed by atoms with van der Waals surface area (Å²) in [5, 5.41) is 30.1. The number of aromatic hydroxyl groups is 2. The summed E-state index contributed by atoms with van der Waals surface area (Å²) in [4.78, 5) is 12.3. The highest BCUT2D eigenvalue weighted by Crippen LogP contribution is 2.41. The van der Waals surface area contributed by atoms with Crippen LogP contribution in [0.2, 0.25) is 0 Å². The van der Waals surface area contributed by atoms with E-state index in [2.05, 4.69) is 67.7 Å². The van der Waals surface area contributed by atoms with Crippen molar-refractivity contribution in [2.45, 2.75) is 70.5 Å². The van der Waals surface area contributed by atoms with Crippen molar-refractivity contribution in [3.63, 3.8) is 0 Å². The lowest BCUT2D eigenvalue weighted by molar-refractivity contribution is -0.145. The van der Waals surface area contributed by atoms with Crippen LogP contribution in [-0.2, 0) is 0 Å². The van der Waals surface area contributed by atoms with Gasteiger partial charge in [-0.15, -0.1) is 0 Å². The number of ketones is 1. The Morgan fingerprint density at radius 2 is 1.42 bits per heavy atom. The molecule has 5 heteroatoms. The first-order valence-corrected chi connectivity index (χ1v) is 11.7. The van der Waals surface area contributed by atoms with Crippen LogP contribution in [0, 0.1) is 0 Å². The highest BCUT2D eigenvalue weighted by Gasteiger charge is 2.39. The molecule has 0 saturated heterocycles. The summed E-state index contributed by atoms with van der Waals surface area (Å²) >= 11 is 0. The lowest BCUT2D eigenvalue weighted by atomic mass is 9.94. The number of allylic oxidation sites excluding steroid dienone is 10. The van der Waals surface area contributed by atoms with Crippen LogP contribution in [0.15, 0.2) is 72.9 Å². The van der Waals surface area contributed by atoms with Gasteiger partial charge >= 0.3 is 0 Å². The zero-order chi connectivity index (χ0) is 23.9. The van der Waals surface area contributed by atoms with Crippen LogP contribution in [0.3, 0.4) is 0 Å². The molecule has 0 fully saturated rings. The number of unbranched alkanes of at least 4 members (excludes halogenated alkanes) is 1. The average molecular weight is 453 g/mol. The molecule has 2 rings (SSSR count). The number of ether oxygens (including phenoxy) is 1. The minimum atomic E-state index is -1.62. The van der Waals surface area contributed by atoms with Gasteiger partial charge in [-0.1, -0.05) is 67.7 Å². The zero-order valence-corrected chi connectivity index (χ0v) is 19.5. The number of carbonyl (C=O) groups is 1. The Morgan fingerprint density at radius 3 is 2.00 bits per heavy atom. The van der Waals surface area contributed by atoms with Crippen LogP contribution in [0.25, 0.3) is 0 Å². The molecular weight excluding hydrogens is 416 g/mol. The Kier molecular flexibility index (Phi) is 11.3. The van der Waals surface area contributed by atoms with E-state index in [1.165, 1.54) is 6.07 Å². The number of fused-ring (bicyclic) bond motifs is 1. The Balaban J connectivity index is 1.61. The Hall–Kier alpha value is -3.05. The van der Waals surface area contributed by atoms with Crippen LogP contribution in [-0.4, -0.2) is 26.9 Å². The number of benzene rings is 1. The summed E-state index contributed by atoms with van der Waals surface area (Å²) in [5.41, 5.74) is 0.00954. The second kappa shape index (κ2) is 14.2. The van der Waals surface area contributed by atoms with Crippen molar-refractivity contribution >= 4 is 5.78 Å². The van der Waals surface area contributed by atoms with E-state index in [1.807, 2.05) is 0 Å². The lowest BCUT2D eigenvalue weighted by Crippen LogP contribution is -2.41. The van der Waals surface area contributed by atoms with Gasteiger partial charge in [0.05, 0.1) is 6.42 Å². The molecule has 5 nitrogen and oxygen atoms in total. The van der Waals surface area contributed by atoms with Crippen molar-refractivity contribution in [1.29, 1.82) is 0 Å². The minimum absolute atomic E-state index is 0.00954. The van der Waals surface area contributed by atoms with Gasteiger partial charge in [0.2, 0.25) is 5.79 Å². The smallest absolute Gasteiger partial charge is 0.215 e. The summed E-state index contributed by atoms with van der Waals surface area (Å²) in [6.45, 7) is 2.14. The number of phenols is 2. The summed E-state index contributed by atoms with van der Waals surface area (Å²) in [6, 6.07) is 2.33. The van der Waals surface area contributed by atoms with Crippen LogP contribution in [0.4, 0.5) is 0 Å².